The maximum Gasteiger partial charge on any atom is 0.244 e. The van der Waals surface area contributed by atoms with Crippen molar-refractivity contribution in [1.29, 1.82) is 0 Å². The van der Waals surface area contributed by atoms with Crippen LogP contribution in [0.25, 0.3) is 0 Å². The van der Waals surface area contributed by atoms with E-state index in [0.717, 1.165) is 0 Å². The van der Waals surface area contributed by atoms with Crippen LogP contribution in [0.15, 0.2) is 30.3 Å². The van der Waals surface area contributed by atoms with E-state index in [0.29, 0.717) is 5.56 Å². The van der Waals surface area contributed by atoms with E-state index in [-0.39, 0.29) is 32.2 Å². The van der Waals surface area contributed by atoms with Crippen molar-refractivity contribution >= 4 is 59.1 Å². The second kappa shape index (κ2) is 21.1. The first-order chi connectivity index (χ1) is 24.1. The molecule has 10 amide bonds. The number of rotatable bonds is 8. The van der Waals surface area contributed by atoms with Gasteiger partial charge in [0.25, 0.3) is 0 Å². The molecule has 0 aliphatic carbocycles. The molecule has 1 aliphatic heterocycles. The van der Waals surface area contributed by atoms with Gasteiger partial charge in [-0.05, 0) is 18.9 Å². The lowest BCUT2D eigenvalue weighted by molar-refractivity contribution is -0.134. The second-order valence-electron chi connectivity index (χ2n) is 11.5. The minimum Gasteiger partial charge on any atom is -0.368 e. The molecular formula is C31H44N10O10. The lowest BCUT2D eigenvalue weighted by Gasteiger charge is -2.24. The van der Waals surface area contributed by atoms with E-state index in [1.165, 1.54) is 13.8 Å². The molecule has 2 rings (SSSR count). The molecule has 278 valence electrons. The Bertz CT molecular complexity index is 1470. The van der Waals surface area contributed by atoms with Crippen molar-refractivity contribution in [2.45, 2.75) is 63.7 Å². The highest BCUT2D eigenvalue weighted by molar-refractivity contribution is 5.96. The number of carbonyl (C=O) groups excluding carboxylic acids is 10. The Labute approximate surface area is 292 Å². The van der Waals surface area contributed by atoms with Crippen LogP contribution < -0.4 is 53.6 Å². The molecule has 51 heavy (non-hydrogen) atoms. The van der Waals surface area contributed by atoms with Crippen LogP contribution in [0.3, 0.4) is 0 Å². The van der Waals surface area contributed by atoms with Gasteiger partial charge in [0, 0.05) is 39.3 Å². The summed E-state index contributed by atoms with van der Waals surface area (Å²) in [4.78, 5) is 125. The van der Waals surface area contributed by atoms with Crippen molar-refractivity contribution in [1.82, 2.24) is 47.9 Å². The predicted octanol–water partition coefficient (Wildman–Crippen LogP) is -5.54. The molecule has 0 bridgehead atoms. The van der Waals surface area contributed by atoms with Crippen LogP contribution in [-0.4, -0.2) is 116 Å². The van der Waals surface area contributed by atoms with Crippen LogP contribution in [0, 0.1) is 0 Å². The minimum atomic E-state index is -1.41. The molecule has 0 unspecified atom stereocenters. The van der Waals surface area contributed by atoms with Gasteiger partial charge >= 0.3 is 0 Å². The molecule has 1 heterocycles. The monoisotopic (exact) mass is 716 g/mol. The summed E-state index contributed by atoms with van der Waals surface area (Å²) in [6.45, 7) is 0.260. The standard InChI is InChI=1S/C31H44N10O10/c1-17-28(48)41-21(12-19-6-4-3-5-7-19)29(49)37-16-27(47)40-22(30(50)36-14-23(32)43)13-35-25(45)9-8-24(44)33-11-10-20(31(51)38-17)39-26(46)15-34-18(2)42/h3-7,17,20-22H,8-16H2,1-2H3,(H2,32,43)(H,33,44)(H,34,42)(H,35,45)(H,36,50)(H,37,49)(H,38,51)(H,39,46)(H,40,47)(H,41,48)/t17-,20-,21+,22-/m0/s1. The number of amides is 10. The van der Waals surface area contributed by atoms with Gasteiger partial charge < -0.3 is 53.6 Å². The molecule has 1 fully saturated rings. The molecule has 0 saturated carbocycles. The fourth-order valence-corrected chi connectivity index (χ4v) is 4.47. The maximum absolute atomic E-state index is 13.3. The molecule has 20 nitrogen and oxygen atoms in total. The smallest absolute Gasteiger partial charge is 0.244 e. The molecule has 4 atom stereocenters. The van der Waals surface area contributed by atoms with Crippen molar-refractivity contribution in [3.8, 4) is 0 Å². The average molecular weight is 717 g/mol. The summed E-state index contributed by atoms with van der Waals surface area (Å²) in [5.41, 5.74) is 5.72. The van der Waals surface area contributed by atoms with Gasteiger partial charge in [-0.15, -0.1) is 0 Å². The molecule has 0 radical (unpaired) electrons. The minimum absolute atomic E-state index is 0.0214. The van der Waals surface area contributed by atoms with E-state index in [1.54, 1.807) is 30.3 Å². The highest BCUT2D eigenvalue weighted by Crippen LogP contribution is 2.05. The maximum atomic E-state index is 13.3. The number of benzene rings is 1. The highest BCUT2D eigenvalue weighted by Gasteiger charge is 2.29. The van der Waals surface area contributed by atoms with Gasteiger partial charge in [0.1, 0.15) is 24.2 Å². The summed E-state index contributed by atoms with van der Waals surface area (Å²) in [6, 6.07) is 3.41. The van der Waals surface area contributed by atoms with Crippen LogP contribution in [0.5, 0.6) is 0 Å². The van der Waals surface area contributed by atoms with E-state index in [2.05, 4.69) is 47.9 Å². The Morgan fingerprint density at radius 2 is 1.45 bits per heavy atom. The summed E-state index contributed by atoms with van der Waals surface area (Å²) in [7, 11) is 0. The topological polar surface area (TPSA) is 305 Å². The number of nitrogens with two attached hydrogens (primary N) is 1. The van der Waals surface area contributed by atoms with Crippen molar-refractivity contribution in [3.05, 3.63) is 35.9 Å². The van der Waals surface area contributed by atoms with Gasteiger partial charge in [-0.25, -0.2) is 0 Å². The highest BCUT2D eigenvalue weighted by atomic mass is 16.2. The van der Waals surface area contributed by atoms with Crippen molar-refractivity contribution in [2.24, 2.45) is 5.73 Å². The first-order valence-corrected chi connectivity index (χ1v) is 16.0. The van der Waals surface area contributed by atoms with Crippen LogP contribution in [0.1, 0.15) is 38.7 Å². The van der Waals surface area contributed by atoms with E-state index in [4.69, 9.17) is 5.73 Å². The Kier molecular flexibility index (Phi) is 17.0. The van der Waals surface area contributed by atoms with Gasteiger partial charge in [0.05, 0.1) is 19.6 Å². The van der Waals surface area contributed by atoms with E-state index in [9.17, 15) is 47.9 Å². The Hall–Kier alpha value is -6.08. The molecule has 1 aliphatic rings. The van der Waals surface area contributed by atoms with Crippen molar-refractivity contribution in [2.75, 3.05) is 32.7 Å². The molecule has 1 saturated heterocycles. The van der Waals surface area contributed by atoms with Crippen LogP contribution in [-0.2, 0) is 54.4 Å². The first kappa shape index (κ1) is 41.1. The lowest BCUT2D eigenvalue weighted by Crippen LogP contribution is -2.58. The Morgan fingerprint density at radius 3 is 2.10 bits per heavy atom. The number of carbonyl (C=O) groups is 10. The van der Waals surface area contributed by atoms with Crippen molar-refractivity contribution < 1.29 is 47.9 Å². The molecule has 0 aromatic heterocycles. The third-order valence-corrected chi connectivity index (χ3v) is 7.17. The number of primary amides is 1. The molecule has 11 N–H and O–H groups in total. The Morgan fingerprint density at radius 1 is 0.784 bits per heavy atom. The summed E-state index contributed by atoms with van der Waals surface area (Å²) < 4.78 is 0. The predicted molar refractivity (Wildman–Crippen MR) is 177 cm³/mol. The van der Waals surface area contributed by atoms with Crippen LogP contribution >= 0.6 is 0 Å². The molecule has 1 aromatic carbocycles. The number of nitrogens with one attached hydrogen (secondary N) is 9. The largest absolute Gasteiger partial charge is 0.368 e. The number of hydrogen-bond donors (Lipinski definition) is 10. The summed E-state index contributed by atoms with van der Waals surface area (Å²) in [5, 5.41) is 21.6. The van der Waals surface area contributed by atoms with E-state index in [1.807, 2.05) is 0 Å². The fourth-order valence-electron chi connectivity index (χ4n) is 4.47. The zero-order valence-electron chi connectivity index (χ0n) is 28.2. The molecule has 0 spiro atoms. The molecule has 1 aromatic rings. The summed E-state index contributed by atoms with van der Waals surface area (Å²) in [5.74, 6) is -7.46. The molecule has 20 heteroatoms. The Balaban J connectivity index is 2.32. The summed E-state index contributed by atoms with van der Waals surface area (Å²) >= 11 is 0. The zero-order chi connectivity index (χ0) is 37.9. The van der Waals surface area contributed by atoms with Gasteiger partial charge in [0.15, 0.2) is 0 Å². The second-order valence-corrected chi connectivity index (χ2v) is 11.5. The average Bonchev–Trinajstić information content (AvgIpc) is 3.08. The van der Waals surface area contributed by atoms with Gasteiger partial charge in [-0.2, -0.15) is 0 Å². The van der Waals surface area contributed by atoms with Crippen LogP contribution in [0.2, 0.25) is 0 Å². The van der Waals surface area contributed by atoms with Gasteiger partial charge in [-0.3, -0.25) is 47.9 Å². The quantitative estimate of drug-likeness (QED) is 0.122. The van der Waals surface area contributed by atoms with Crippen molar-refractivity contribution in [3.63, 3.8) is 0 Å². The SMILES string of the molecule is CC(=O)NCC(=O)N[C@H]1CCNC(=O)CCC(=O)NC[C@@H](C(=O)NCC(N)=O)NC(=O)CNC(=O)[C@@H](Cc2ccccc2)NC(=O)[C@H](C)NC1=O. The van der Waals surface area contributed by atoms with Gasteiger partial charge in [-0.1, -0.05) is 30.3 Å². The third-order valence-electron chi connectivity index (χ3n) is 7.17. The zero-order valence-corrected chi connectivity index (χ0v) is 28.2. The molecular weight excluding hydrogens is 672 g/mol. The lowest BCUT2D eigenvalue weighted by atomic mass is 10.0. The summed E-state index contributed by atoms with van der Waals surface area (Å²) in [6.07, 6.45) is -0.814. The van der Waals surface area contributed by atoms with E-state index >= 15 is 0 Å². The fraction of sp³-hybridized carbons (Fsp3) is 0.484. The van der Waals surface area contributed by atoms with Crippen LogP contribution in [0.4, 0.5) is 0 Å². The normalized spacial score (nSPS) is 21.7. The third kappa shape index (κ3) is 16.2. The number of hydrogen-bond acceptors (Lipinski definition) is 10. The first-order valence-electron chi connectivity index (χ1n) is 16.0. The van der Waals surface area contributed by atoms with Gasteiger partial charge in [0.2, 0.25) is 59.1 Å². The van der Waals surface area contributed by atoms with E-state index < -0.39 is 109 Å².